The van der Waals surface area contributed by atoms with Gasteiger partial charge in [-0.3, -0.25) is 4.79 Å². The van der Waals surface area contributed by atoms with Gasteiger partial charge >= 0.3 is 9.84 Å². The average Bonchev–Trinajstić information content (AvgIpc) is 2.16. The molecule has 7 heteroatoms. The molecule has 1 rings (SSSR count). The monoisotopic (exact) mass is 334 g/mol. The van der Waals surface area contributed by atoms with Crippen LogP contribution in [-0.4, -0.2) is 42.2 Å². The van der Waals surface area contributed by atoms with E-state index in [1.807, 2.05) is 0 Å². The molecular formula is C8H13F2IN2O2. The molecule has 1 heterocycles. The Balaban J connectivity index is 2.41. The molecule has 15 heavy (non-hydrogen) atoms. The largest absolute Gasteiger partial charge is 0.380 e. The van der Waals surface area contributed by atoms with Crippen molar-refractivity contribution < 1.29 is 18.3 Å². The first-order valence-corrected chi connectivity index (χ1v) is 5.62. The predicted octanol–water partition coefficient (Wildman–Crippen LogP) is 0.507. The quantitative estimate of drug-likeness (QED) is 0.584. The topological polar surface area (TPSA) is 50.4 Å². The molecular weight excluding hydrogens is 321 g/mol. The van der Waals surface area contributed by atoms with Crippen LogP contribution >= 0.6 is 22.6 Å². The van der Waals surface area contributed by atoms with E-state index in [2.05, 4.69) is 10.6 Å². The summed E-state index contributed by atoms with van der Waals surface area (Å²) in [5.74, 6) is -1.24. The maximum absolute atomic E-state index is 12.6. The third-order valence-electron chi connectivity index (χ3n) is 2.24. The lowest BCUT2D eigenvalue weighted by atomic mass is 10.1. The maximum atomic E-state index is 12.6. The van der Waals surface area contributed by atoms with Gasteiger partial charge in [-0.1, -0.05) is 0 Å². The third-order valence-corrected chi connectivity index (χ3v) is 2.73. The van der Waals surface area contributed by atoms with Crippen molar-refractivity contribution in [3.8, 4) is 0 Å². The van der Waals surface area contributed by atoms with Gasteiger partial charge in [-0.05, 0) is 6.42 Å². The van der Waals surface area contributed by atoms with Gasteiger partial charge in [0.15, 0.2) is 0 Å². The van der Waals surface area contributed by atoms with Crippen molar-refractivity contribution in [3.05, 3.63) is 0 Å². The van der Waals surface area contributed by atoms with Crippen LogP contribution in [0.2, 0.25) is 0 Å². The zero-order chi connectivity index (χ0) is 11.5. The van der Waals surface area contributed by atoms with Crippen molar-refractivity contribution in [2.24, 2.45) is 0 Å². The smallest absolute Gasteiger partial charge is 0.372 e. The number of ether oxygens (including phenoxy) is 1. The van der Waals surface area contributed by atoms with Crippen molar-refractivity contribution in [3.63, 3.8) is 0 Å². The SMILES string of the molecule is COC1CNCC(NC(=O)C(F)(F)I)C1. The minimum atomic E-state index is -3.35. The van der Waals surface area contributed by atoms with Gasteiger partial charge in [0.1, 0.15) is 0 Å². The van der Waals surface area contributed by atoms with Crippen molar-refractivity contribution in [1.29, 1.82) is 0 Å². The Morgan fingerprint density at radius 2 is 2.27 bits per heavy atom. The van der Waals surface area contributed by atoms with Gasteiger partial charge in [0, 0.05) is 48.8 Å². The number of hydrogen-bond donors (Lipinski definition) is 2. The fourth-order valence-electron chi connectivity index (χ4n) is 1.46. The van der Waals surface area contributed by atoms with Crippen LogP contribution in [-0.2, 0) is 9.53 Å². The van der Waals surface area contributed by atoms with Crippen molar-refractivity contribution in [2.45, 2.75) is 22.5 Å². The molecule has 0 aliphatic carbocycles. The number of amides is 1. The fraction of sp³-hybridized carbons (Fsp3) is 0.875. The van der Waals surface area contributed by atoms with Crippen molar-refractivity contribution in [2.75, 3.05) is 20.2 Å². The predicted molar refractivity (Wildman–Crippen MR) is 59.2 cm³/mol. The van der Waals surface area contributed by atoms with E-state index in [-0.39, 0.29) is 12.1 Å². The summed E-state index contributed by atoms with van der Waals surface area (Å²) in [7, 11) is 1.56. The number of hydrogen-bond acceptors (Lipinski definition) is 3. The standard InChI is InChI=1S/C8H13F2IN2O2/c1-15-6-2-5(3-12-4-6)13-7(14)8(9,10)11/h5-6,12H,2-4H2,1H3,(H,13,14). The van der Waals surface area contributed by atoms with Crippen LogP contribution in [0.5, 0.6) is 0 Å². The Labute approximate surface area is 100 Å². The number of rotatable bonds is 3. The summed E-state index contributed by atoms with van der Waals surface area (Å²) in [6.45, 7) is 1.18. The molecule has 2 unspecified atom stereocenters. The fourth-order valence-corrected chi connectivity index (χ4v) is 1.62. The van der Waals surface area contributed by atoms with Gasteiger partial charge in [-0.15, -0.1) is 0 Å². The van der Waals surface area contributed by atoms with E-state index < -0.39 is 9.84 Å². The molecule has 1 saturated heterocycles. The second kappa shape index (κ2) is 5.35. The molecule has 0 radical (unpaired) electrons. The van der Waals surface area contributed by atoms with Gasteiger partial charge in [-0.25, -0.2) is 0 Å². The number of methoxy groups -OCH3 is 1. The second-order valence-electron chi connectivity index (χ2n) is 3.42. The van der Waals surface area contributed by atoms with Crippen LogP contribution in [0.3, 0.4) is 0 Å². The molecule has 1 fully saturated rings. The Morgan fingerprint density at radius 3 is 2.80 bits per heavy atom. The molecule has 0 spiro atoms. The Kier molecular flexibility index (Phi) is 4.65. The highest BCUT2D eigenvalue weighted by Crippen LogP contribution is 2.22. The minimum absolute atomic E-state index is 0.0353. The second-order valence-corrected chi connectivity index (χ2v) is 4.77. The number of nitrogens with one attached hydrogen (secondary N) is 2. The lowest BCUT2D eigenvalue weighted by Crippen LogP contribution is -2.53. The summed E-state index contributed by atoms with van der Waals surface area (Å²) in [4.78, 5) is 11.0. The Hall–Kier alpha value is -0.0200. The first kappa shape index (κ1) is 13.0. The van der Waals surface area contributed by atoms with E-state index >= 15 is 0 Å². The number of carbonyl (C=O) groups excluding carboxylic acids is 1. The molecule has 2 atom stereocenters. The van der Waals surface area contributed by atoms with Crippen LogP contribution in [0, 0.1) is 0 Å². The Morgan fingerprint density at radius 1 is 1.60 bits per heavy atom. The first-order chi connectivity index (χ1) is 6.93. The van der Waals surface area contributed by atoms with E-state index in [1.165, 1.54) is 0 Å². The average molecular weight is 334 g/mol. The van der Waals surface area contributed by atoms with Gasteiger partial charge < -0.3 is 15.4 Å². The van der Waals surface area contributed by atoms with E-state index in [1.54, 1.807) is 7.11 Å². The zero-order valence-corrected chi connectivity index (χ0v) is 10.4. The van der Waals surface area contributed by atoms with Crippen LogP contribution in [0.4, 0.5) is 8.78 Å². The Bertz CT molecular complexity index is 235. The summed E-state index contributed by atoms with van der Waals surface area (Å²) < 4.78 is 26.9. The molecule has 0 bridgehead atoms. The number of piperidine rings is 1. The van der Waals surface area contributed by atoms with Crippen LogP contribution < -0.4 is 10.6 Å². The highest BCUT2D eigenvalue weighted by molar-refractivity contribution is 14.1. The number of halogens is 3. The zero-order valence-electron chi connectivity index (χ0n) is 8.23. The normalized spacial score (nSPS) is 27.5. The molecule has 1 aliphatic heterocycles. The van der Waals surface area contributed by atoms with Crippen LogP contribution in [0.25, 0.3) is 0 Å². The minimum Gasteiger partial charge on any atom is -0.380 e. The maximum Gasteiger partial charge on any atom is 0.372 e. The molecule has 0 aromatic rings. The molecule has 0 aromatic heterocycles. The van der Waals surface area contributed by atoms with Gasteiger partial charge in [0.05, 0.1) is 6.10 Å². The van der Waals surface area contributed by atoms with E-state index in [9.17, 15) is 13.6 Å². The van der Waals surface area contributed by atoms with E-state index in [0.717, 1.165) is 22.6 Å². The van der Waals surface area contributed by atoms with E-state index in [0.29, 0.717) is 19.5 Å². The summed E-state index contributed by atoms with van der Waals surface area (Å²) in [6.07, 6.45) is 0.522. The number of carbonyl (C=O) groups is 1. The molecule has 1 amide bonds. The molecule has 1 aliphatic rings. The summed E-state index contributed by atoms with van der Waals surface area (Å²) in [5, 5.41) is 5.29. The summed E-state index contributed by atoms with van der Waals surface area (Å²) in [6, 6.07) is -0.295. The molecule has 4 nitrogen and oxygen atoms in total. The van der Waals surface area contributed by atoms with Crippen molar-refractivity contribution >= 4 is 28.5 Å². The lowest BCUT2D eigenvalue weighted by molar-refractivity contribution is -0.134. The van der Waals surface area contributed by atoms with E-state index in [4.69, 9.17) is 4.74 Å². The first-order valence-electron chi connectivity index (χ1n) is 4.54. The molecule has 0 saturated carbocycles. The summed E-state index contributed by atoms with van der Waals surface area (Å²) >= 11 is 0.816. The molecule has 88 valence electrons. The van der Waals surface area contributed by atoms with Crippen LogP contribution in [0.1, 0.15) is 6.42 Å². The van der Waals surface area contributed by atoms with Crippen molar-refractivity contribution in [1.82, 2.24) is 10.6 Å². The van der Waals surface area contributed by atoms with Gasteiger partial charge in [-0.2, -0.15) is 8.78 Å². The van der Waals surface area contributed by atoms with Gasteiger partial charge in [0.25, 0.3) is 0 Å². The lowest BCUT2D eigenvalue weighted by Gasteiger charge is -2.30. The number of alkyl halides is 3. The highest BCUT2D eigenvalue weighted by Gasteiger charge is 2.36. The molecule has 0 aromatic carbocycles. The summed E-state index contributed by atoms with van der Waals surface area (Å²) in [5.41, 5.74) is 0. The highest BCUT2D eigenvalue weighted by atomic mass is 127. The third kappa shape index (κ3) is 4.15. The molecule has 2 N–H and O–H groups in total. The van der Waals surface area contributed by atoms with Crippen LogP contribution in [0.15, 0.2) is 0 Å². The van der Waals surface area contributed by atoms with Gasteiger partial charge in [0.2, 0.25) is 0 Å².